The van der Waals surface area contributed by atoms with Crippen LogP contribution < -0.4 is 4.90 Å². The number of H-pyrrole nitrogens is 1. The predicted octanol–water partition coefficient (Wildman–Crippen LogP) is 3.51. The number of aromatic amines is 1. The zero-order chi connectivity index (χ0) is 21.2. The Labute approximate surface area is 180 Å². The molecule has 1 N–H and O–H groups in total. The molecule has 0 spiro atoms. The highest BCUT2D eigenvalue weighted by molar-refractivity contribution is 5.80. The second kappa shape index (κ2) is 8.45. The first kappa shape index (κ1) is 19.7. The maximum atomic E-state index is 13.2. The van der Waals surface area contributed by atoms with Gasteiger partial charge in [-0.3, -0.25) is 9.89 Å². The van der Waals surface area contributed by atoms with Crippen LogP contribution in [-0.4, -0.2) is 50.6 Å². The van der Waals surface area contributed by atoms with Gasteiger partial charge in [0.05, 0.1) is 30.0 Å². The highest BCUT2D eigenvalue weighted by Gasteiger charge is 2.33. The molecule has 2 aliphatic heterocycles. The maximum Gasteiger partial charge on any atom is 0.227 e. The topological polar surface area (TPSA) is 78.0 Å². The first-order valence-electron chi connectivity index (χ1n) is 10.8. The number of nitrogens with one attached hydrogen (secondary N) is 1. The number of halogens is 1. The monoisotopic (exact) mass is 420 g/mol. The quantitative estimate of drug-likeness (QED) is 0.683. The third-order valence-corrected chi connectivity index (χ3v) is 6.15. The summed E-state index contributed by atoms with van der Waals surface area (Å²) in [5.41, 5.74) is 3.46. The minimum absolute atomic E-state index is 0.0371. The molecule has 3 aromatic rings. The molecule has 160 valence electrons. The molecule has 2 saturated heterocycles. The largest absolute Gasteiger partial charge is 0.341 e. The van der Waals surface area contributed by atoms with E-state index in [1.807, 2.05) is 11.0 Å². The SMILES string of the molecule is O=C(Cc1ccc(F)cc1)N1CCCC1c1[nH]ncc1-c1ccnc(N2CCCC2)n1. The molecular formula is C23H25FN6O. The lowest BCUT2D eigenvalue weighted by molar-refractivity contribution is -0.131. The van der Waals surface area contributed by atoms with E-state index in [1.54, 1.807) is 24.5 Å². The molecule has 8 heteroatoms. The molecule has 4 heterocycles. The Morgan fingerprint density at radius 1 is 1.10 bits per heavy atom. The fourth-order valence-electron chi connectivity index (χ4n) is 4.57. The van der Waals surface area contributed by atoms with E-state index in [9.17, 15) is 9.18 Å². The lowest BCUT2D eigenvalue weighted by Gasteiger charge is -2.25. The van der Waals surface area contributed by atoms with Crippen molar-refractivity contribution >= 4 is 11.9 Å². The third kappa shape index (κ3) is 4.02. The Hall–Kier alpha value is -3.29. The molecule has 0 bridgehead atoms. The van der Waals surface area contributed by atoms with Crippen LogP contribution in [0, 0.1) is 5.82 Å². The van der Waals surface area contributed by atoms with Gasteiger partial charge in [-0.25, -0.2) is 14.4 Å². The molecule has 1 unspecified atom stereocenters. The summed E-state index contributed by atoms with van der Waals surface area (Å²) in [6.45, 7) is 2.66. The van der Waals surface area contributed by atoms with Gasteiger partial charge in [-0.05, 0) is 49.4 Å². The number of carbonyl (C=O) groups is 1. The molecule has 31 heavy (non-hydrogen) atoms. The van der Waals surface area contributed by atoms with Crippen LogP contribution in [0.5, 0.6) is 0 Å². The number of benzene rings is 1. The van der Waals surface area contributed by atoms with Crippen molar-refractivity contribution in [3.63, 3.8) is 0 Å². The van der Waals surface area contributed by atoms with Gasteiger partial charge in [0.2, 0.25) is 11.9 Å². The summed E-state index contributed by atoms with van der Waals surface area (Å²) in [4.78, 5) is 26.4. The van der Waals surface area contributed by atoms with E-state index in [2.05, 4.69) is 20.1 Å². The highest BCUT2D eigenvalue weighted by Crippen LogP contribution is 2.36. The van der Waals surface area contributed by atoms with Crippen molar-refractivity contribution in [2.75, 3.05) is 24.5 Å². The summed E-state index contributed by atoms with van der Waals surface area (Å²) in [5.74, 6) is 0.489. The van der Waals surface area contributed by atoms with E-state index >= 15 is 0 Å². The minimum Gasteiger partial charge on any atom is -0.341 e. The minimum atomic E-state index is -0.296. The Morgan fingerprint density at radius 3 is 2.71 bits per heavy atom. The molecule has 7 nitrogen and oxygen atoms in total. The number of hydrogen-bond acceptors (Lipinski definition) is 5. The van der Waals surface area contributed by atoms with Gasteiger partial charge in [0.1, 0.15) is 5.82 Å². The van der Waals surface area contributed by atoms with Crippen molar-refractivity contribution in [3.8, 4) is 11.3 Å². The molecule has 0 radical (unpaired) electrons. The highest BCUT2D eigenvalue weighted by atomic mass is 19.1. The Balaban J connectivity index is 1.38. The first-order valence-corrected chi connectivity index (χ1v) is 10.8. The van der Waals surface area contributed by atoms with Crippen LogP contribution in [0.1, 0.15) is 43.0 Å². The normalized spacial score (nSPS) is 18.7. The van der Waals surface area contributed by atoms with E-state index < -0.39 is 0 Å². The number of anilines is 1. The van der Waals surface area contributed by atoms with Crippen LogP contribution in [0.3, 0.4) is 0 Å². The van der Waals surface area contributed by atoms with Crippen molar-refractivity contribution in [3.05, 3.63) is 59.8 Å². The number of rotatable bonds is 5. The van der Waals surface area contributed by atoms with Gasteiger partial charge < -0.3 is 9.80 Å². The molecular weight excluding hydrogens is 395 g/mol. The van der Waals surface area contributed by atoms with Gasteiger partial charge >= 0.3 is 0 Å². The van der Waals surface area contributed by atoms with Crippen molar-refractivity contribution < 1.29 is 9.18 Å². The molecule has 1 amide bonds. The van der Waals surface area contributed by atoms with Crippen LogP contribution in [0.15, 0.2) is 42.7 Å². The van der Waals surface area contributed by atoms with Crippen LogP contribution in [0.4, 0.5) is 10.3 Å². The van der Waals surface area contributed by atoms with Crippen molar-refractivity contribution in [1.29, 1.82) is 0 Å². The van der Waals surface area contributed by atoms with E-state index in [4.69, 9.17) is 4.98 Å². The molecule has 0 saturated carbocycles. The fraction of sp³-hybridized carbons (Fsp3) is 0.391. The number of hydrogen-bond donors (Lipinski definition) is 1. The number of nitrogens with zero attached hydrogens (tertiary/aromatic N) is 5. The zero-order valence-electron chi connectivity index (χ0n) is 17.3. The first-order chi connectivity index (χ1) is 15.2. The van der Waals surface area contributed by atoms with Gasteiger partial charge in [-0.2, -0.15) is 5.10 Å². The number of likely N-dealkylation sites (tertiary alicyclic amines) is 1. The van der Waals surface area contributed by atoms with E-state index in [1.165, 1.54) is 12.1 Å². The Morgan fingerprint density at radius 2 is 1.90 bits per heavy atom. The maximum absolute atomic E-state index is 13.2. The predicted molar refractivity (Wildman–Crippen MR) is 115 cm³/mol. The Bertz CT molecular complexity index is 1060. The van der Waals surface area contributed by atoms with Crippen LogP contribution in [-0.2, 0) is 11.2 Å². The zero-order valence-corrected chi connectivity index (χ0v) is 17.3. The van der Waals surface area contributed by atoms with Gasteiger partial charge in [-0.1, -0.05) is 12.1 Å². The molecule has 2 aromatic heterocycles. The van der Waals surface area contributed by atoms with Crippen molar-refractivity contribution in [2.24, 2.45) is 0 Å². The van der Waals surface area contributed by atoms with Crippen LogP contribution >= 0.6 is 0 Å². The smallest absolute Gasteiger partial charge is 0.227 e. The summed E-state index contributed by atoms with van der Waals surface area (Å²) in [5, 5.41) is 7.40. The van der Waals surface area contributed by atoms with Crippen LogP contribution in [0.25, 0.3) is 11.3 Å². The summed E-state index contributed by atoms with van der Waals surface area (Å²) in [6.07, 6.45) is 7.96. The summed E-state index contributed by atoms with van der Waals surface area (Å²) >= 11 is 0. The summed E-state index contributed by atoms with van der Waals surface area (Å²) in [7, 11) is 0. The average Bonchev–Trinajstić information content (AvgIpc) is 3.56. The number of aromatic nitrogens is 4. The third-order valence-electron chi connectivity index (χ3n) is 6.15. The summed E-state index contributed by atoms with van der Waals surface area (Å²) in [6, 6.07) is 7.94. The average molecular weight is 420 g/mol. The second-order valence-electron chi connectivity index (χ2n) is 8.18. The Kier molecular flexibility index (Phi) is 5.36. The molecule has 1 atom stereocenters. The van der Waals surface area contributed by atoms with Crippen molar-refractivity contribution in [1.82, 2.24) is 25.1 Å². The summed E-state index contributed by atoms with van der Waals surface area (Å²) < 4.78 is 13.2. The van der Waals surface area contributed by atoms with E-state index in [0.717, 1.165) is 67.2 Å². The van der Waals surface area contributed by atoms with Crippen LogP contribution in [0.2, 0.25) is 0 Å². The van der Waals surface area contributed by atoms with Crippen molar-refractivity contribution in [2.45, 2.75) is 38.1 Å². The standard InChI is InChI=1S/C23H25FN6O/c24-17-7-5-16(6-8-17)14-21(31)30-13-3-4-20(30)22-18(15-26-28-22)19-9-10-25-23(27-19)29-11-1-2-12-29/h5-10,15,20H,1-4,11-14H2,(H,26,28). The lowest BCUT2D eigenvalue weighted by atomic mass is 10.0. The number of amides is 1. The molecule has 1 aromatic carbocycles. The second-order valence-corrected chi connectivity index (χ2v) is 8.18. The van der Waals surface area contributed by atoms with E-state index in [0.29, 0.717) is 6.54 Å². The number of carbonyl (C=O) groups excluding carboxylic acids is 1. The molecule has 2 fully saturated rings. The van der Waals surface area contributed by atoms with Gasteiger partial charge in [0.25, 0.3) is 0 Å². The molecule has 0 aliphatic carbocycles. The molecule has 5 rings (SSSR count). The van der Waals surface area contributed by atoms with Gasteiger partial charge in [0, 0.05) is 31.4 Å². The van der Waals surface area contributed by atoms with E-state index in [-0.39, 0.29) is 24.2 Å². The lowest BCUT2D eigenvalue weighted by Crippen LogP contribution is -2.32. The fourth-order valence-corrected chi connectivity index (χ4v) is 4.57. The molecule has 2 aliphatic rings. The van der Waals surface area contributed by atoms with Gasteiger partial charge in [-0.15, -0.1) is 0 Å². The van der Waals surface area contributed by atoms with Gasteiger partial charge in [0.15, 0.2) is 0 Å².